The number of hydrogen-bond donors (Lipinski definition) is 1. The summed E-state index contributed by atoms with van der Waals surface area (Å²) in [4.78, 5) is 49.1. The number of thioether (sulfide) groups is 1. The maximum absolute atomic E-state index is 12.5. The molecule has 0 radical (unpaired) electrons. The number of methoxy groups -OCH3 is 1. The third kappa shape index (κ3) is 5.65. The number of imide groups is 1. The Hall–Kier alpha value is -3.30. The molecule has 1 N–H and O–H groups in total. The number of carbonyl (C=O) groups excluding carboxylic acids is 4. The van der Waals surface area contributed by atoms with E-state index in [1.807, 2.05) is 0 Å². The van der Waals surface area contributed by atoms with Gasteiger partial charge in [-0.15, -0.1) is 0 Å². The predicted molar refractivity (Wildman–Crippen MR) is 117 cm³/mol. The van der Waals surface area contributed by atoms with Gasteiger partial charge in [-0.05, 0) is 36.0 Å². The second-order valence-corrected chi connectivity index (χ2v) is 7.60. The lowest BCUT2D eigenvalue weighted by molar-refractivity contribution is -0.143. The molecule has 31 heavy (non-hydrogen) atoms. The van der Waals surface area contributed by atoms with Gasteiger partial charge in [0.15, 0.2) is 6.61 Å². The first kappa shape index (κ1) is 22.4. The van der Waals surface area contributed by atoms with Crippen LogP contribution in [-0.2, 0) is 19.1 Å². The minimum atomic E-state index is -0.697. The molecule has 2 aromatic rings. The summed E-state index contributed by atoms with van der Waals surface area (Å²) in [5, 5.41) is 2.48. The lowest BCUT2D eigenvalue weighted by Gasteiger charge is -2.11. The fourth-order valence-electron chi connectivity index (χ4n) is 2.59. The highest BCUT2D eigenvalue weighted by molar-refractivity contribution is 8.18. The van der Waals surface area contributed by atoms with Crippen molar-refractivity contribution in [3.05, 3.63) is 64.0 Å². The fourth-order valence-corrected chi connectivity index (χ4v) is 3.61. The molecule has 1 aliphatic rings. The molecule has 3 rings (SSSR count). The Bertz CT molecular complexity index is 1070. The lowest BCUT2D eigenvalue weighted by atomic mass is 10.2. The number of para-hydroxylation sites is 2. The van der Waals surface area contributed by atoms with E-state index in [0.29, 0.717) is 33.8 Å². The van der Waals surface area contributed by atoms with Gasteiger partial charge in [-0.1, -0.05) is 41.9 Å². The summed E-state index contributed by atoms with van der Waals surface area (Å²) >= 11 is 6.73. The van der Waals surface area contributed by atoms with Crippen molar-refractivity contribution in [2.45, 2.75) is 0 Å². The number of rotatable bonds is 7. The van der Waals surface area contributed by atoms with Crippen LogP contribution in [0.2, 0.25) is 5.02 Å². The van der Waals surface area contributed by atoms with Crippen molar-refractivity contribution in [3.63, 3.8) is 0 Å². The number of carbonyl (C=O) groups is 4. The van der Waals surface area contributed by atoms with Gasteiger partial charge in [-0.3, -0.25) is 24.1 Å². The topological polar surface area (TPSA) is 102 Å². The third-order valence-electron chi connectivity index (χ3n) is 4.10. The highest BCUT2D eigenvalue weighted by atomic mass is 35.5. The molecule has 0 aromatic heterocycles. The van der Waals surface area contributed by atoms with E-state index in [9.17, 15) is 19.2 Å². The minimum absolute atomic E-state index is 0.130. The van der Waals surface area contributed by atoms with Crippen LogP contribution in [0.5, 0.6) is 5.75 Å². The quantitative estimate of drug-likeness (QED) is 0.497. The molecule has 0 atom stereocenters. The van der Waals surface area contributed by atoms with Gasteiger partial charge in [0.25, 0.3) is 17.1 Å². The van der Waals surface area contributed by atoms with E-state index < -0.39 is 29.6 Å². The number of ether oxygens (including phenoxy) is 2. The SMILES string of the molecule is COC(=O)CN1C(=O)S/C(=C\c2ccccc2OCC(=O)Nc2ccccc2Cl)C1=O. The van der Waals surface area contributed by atoms with E-state index in [4.69, 9.17) is 16.3 Å². The Morgan fingerprint density at radius 1 is 1.13 bits per heavy atom. The van der Waals surface area contributed by atoms with E-state index >= 15 is 0 Å². The first-order valence-electron chi connectivity index (χ1n) is 8.97. The molecule has 0 saturated carbocycles. The van der Waals surface area contributed by atoms with Crippen LogP contribution in [0.4, 0.5) is 10.5 Å². The van der Waals surface area contributed by atoms with Crippen molar-refractivity contribution in [2.75, 3.05) is 25.6 Å². The summed E-state index contributed by atoms with van der Waals surface area (Å²) in [6.45, 7) is -0.751. The molecule has 0 aliphatic carbocycles. The second kappa shape index (κ2) is 10.1. The highest BCUT2D eigenvalue weighted by Crippen LogP contribution is 2.34. The van der Waals surface area contributed by atoms with E-state index in [2.05, 4.69) is 10.1 Å². The van der Waals surface area contributed by atoms with Crippen LogP contribution in [0.3, 0.4) is 0 Å². The lowest BCUT2D eigenvalue weighted by Crippen LogP contribution is -2.34. The average Bonchev–Trinajstić information content (AvgIpc) is 3.02. The molecule has 0 spiro atoms. The van der Waals surface area contributed by atoms with Gasteiger partial charge in [0.05, 0.1) is 22.7 Å². The van der Waals surface area contributed by atoms with Crippen LogP contribution in [0.1, 0.15) is 5.56 Å². The standard InChI is InChI=1S/C21H17ClN2O6S/c1-29-19(26)11-24-20(27)17(31-21(24)28)10-13-6-2-5-9-16(13)30-12-18(25)23-15-8-4-3-7-14(15)22/h2-10H,11-12H2,1H3,(H,23,25)/b17-10-. The summed E-state index contributed by atoms with van der Waals surface area (Å²) in [7, 11) is 1.17. The predicted octanol–water partition coefficient (Wildman–Crippen LogP) is 3.57. The molecule has 3 amide bonds. The number of esters is 1. The van der Waals surface area contributed by atoms with Gasteiger partial charge in [0, 0.05) is 5.56 Å². The molecule has 0 unspecified atom stereocenters. The molecular weight excluding hydrogens is 444 g/mol. The van der Waals surface area contributed by atoms with Crippen LogP contribution in [-0.4, -0.2) is 48.2 Å². The zero-order valence-electron chi connectivity index (χ0n) is 16.3. The van der Waals surface area contributed by atoms with Crippen molar-refractivity contribution in [1.29, 1.82) is 0 Å². The maximum atomic E-state index is 12.5. The summed E-state index contributed by atoms with van der Waals surface area (Å²) in [5.41, 5.74) is 0.960. The van der Waals surface area contributed by atoms with E-state index in [1.54, 1.807) is 48.5 Å². The first-order chi connectivity index (χ1) is 14.9. The summed E-state index contributed by atoms with van der Waals surface area (Å²) in [6.07, 6.45) is 1.48. The molecule has 160 valence electrons. The van der Waals surface area contributed by atoms with Crippen LogP contribution in [0.25, 0.3) is 6.08 Å². The van der Waals surface area contributed by atoms with Gasteiger partial charge >= 0.3 is 5.97 Å². The molecule has 10 heteroatoms. The molecule has 0 bridgehead atoms. The molecule has 1 heterocycles. The molecule has 1 saturated heterocycles. The minimum Gasteiger partial charge on any atom is -0.483 e. The Kier molecular flexibility index (Phi) is 7.32. The number of nitrogens with zero attached hydrogens (tertiary/aromatic N) is 1. The number of anilines is 1. The van der Waals surface area contributed by atoms with Crippen molar-refractivity contribution in [2.24, 2.45) is 0 Å². The number of nitrogens with one attached hydrogen (secondary N) is 1. The van der Waals surface area contributed by atoms with E-state index in [0.717, 1.165) is 4.90 Å². The summed E-state index contributed by atoms with van der Waals surface area (Å²) < 4.78 is 10.1. The van der Waals surface area contributed by atoms with Gasteiger partial charge in [0.2, 0.25) is 0 Å². The third-order valence-corrected chi connectivity index (χ3v) is 5.34. The zero-order chi connectivity index (χ0) is 22.4. The van der Waals surface area contributed by atoms with Crippen molar-refractivity contribution in [1.82, 2.24) is 4.90 Å². The van der Waals surface area contributed by atoms with Gasteiger partial charge in [-0.2, -0.15) is 0 Å². The van der Waals surface area contributed by atoms with E-state index in [-0.39, 0.29) is 11.5 Å². The number of benzene rings is 2. The molecule has 2 aromatic carbocycles. The van der Waals surface area contributed by atoms with E-state index in [1.165, 1.54) is 13.2 Å². The van der Waals surface area contributed by atoms with Gasteiger partial charge < -0.3 is 14.8 Å². The Morgan fingerprint density at radius 2 is 1.84 bits per heavy atom. The van der Waals surface area contributed by atoms with Crippen molar-refractivity contribution < 1.29 is 28.7 Å². The monoisotopic (exact) mass is 460 g/mol. The van der Waals surface area contributed by atoms with Crippen LogP contribution in [0.15, 0.2) is 53.4 Å². The number of hydrogen-bond acceptors (Lipinski definition) is 7. The molecule has 8 nitrogen and oxygen atoms in total. The van der Waals surface area contributed by atoms with Crippen LogP contribution >= 0.6 is 23.4 Å². The summed E-state index contributed by atoms with van der Waals surface area (Å²) in [6, 6.07) is 13.5. The average molecular weight is 461 g/mol. The van der Waals surface area contributed by atoms with Crippen molar-refractivity contribution >= 4 is 58.1 Å². The normalized spacial score (nSPS) is 14.6. The second-order valence-electron chi connectivity index (χ2n) is 6.20. The smallest absolute Gasteiger partial charge is 0.325 e. The Balaban J connectivity index is 1.70. The van der Waals surface area contributed by atoms with Crippen LogP contribution < -0.4 is 10.1 Å². The molecule has 1 aliphatic heterocycles. The number of halogens is 1. The maximum Gasteiger partial charge on any atom is 0.325 e. The number of amides is 3. The fraction of sp³-hybridized carbons (Fsp3) is 0.143. The zero-order valence-corrected chi connectivity index (χ0v) is 17.9. The largest absolute Gasteiger partial charge is 0.483 e. The Labute approximate surface area is 187 Å². The van der Waals surface area contributed by atoms with Gasteiger partial charge in [-0.25, -0.2) is 0 Å². The molecule has 1 fully saturated rings. The van der Waals surface area contributed by atoms with Crippen molar-refractivity contribution in [3.8, 4) is 5.75 Å². The Morgan fingerprint density at radius 3 is 2.58 bits per heavy atom. The molecular formula is C21H17ClN2O6S. The van der Waals surface area contributed by atoms with Crippen LogP contribution in [0, 0.1) is 0 Å². The van der Waals surface area contributed by atoms with Gasteiger partial charge in [0.1, 0.15) is 12.3 Å². The summed E-state index contributed by atoms with van der Waals surface area (Å²) in [5.74, 6) is -1.37. The highest BCUT2D eigenvalue weighted by Gasteiger charge is 2.36. The first-order valence-corrected chi connectivity index (χ1v) is 10.2.